The van der Waals surface area contributed by atoms with E-state index >= 15 is 0 Å². The maximum absolute atomic E-state index is 11.4. The Morgan fingerprint density at radius 2 is 2.00 bits per heavy atom. The summed E-state index contributed by atoms with van der Waals surface area (Å²) in [5, 5.41) is 2.61. The third-order valence-corrected chi connectivity index (χ3v) is 2.42. The molecule has 0 spiro atoms. The molecule has 0 saturated heterocycles. The quantitative estimate of drug-likeness (QED) is 0.872. The fourth-order valence-electron chi connectivity index (χ4n) is 1.05. The number of anilines is 1. The lowest BCUT2D eigenvalue weighted by Gasteiger charge is -2.04. The Balaban J connectivity index is 2.29. The average molecular weight is 311 g/mol. The SMILES string of the molecule is CN(C)CC#CCOC(=O)Nc1ccc(Br)cc1. The minimum Gasteiger partial charge on any atom is -0.436 e. The number of rotatable bonds is 3. The first kappa shape index (κ1) is 14.6. The summed E-state index contributed by atoms with van der Waals surface area (Å²) in [7, 11) is 3.85. The standard InChI is InChI=1S/C13H15BrN2O2/c1-16(2)9-3-4-10-18-13(17)15-12-7-5-11(14)6-8-12/h5-8H,9-10H2,1-2H3,(H,15,17). The Bertz CT molecular complexity index is 446. The van der Waals surface area contributed by atoms with Crippen molar-refractivity contribution in [3.63, 3.8) is 0 Å². The van der Waals surface area contributed by atoms with Crippen LogP contribution in [0.15, 0.2) is 28.7 Å². The molecule has 1 rings (SSSR count). The molecule has 5 heteroatoms. The van der Waals surface area contributed by atoms with Crippen LogP contribution in [0.3, 0.4) is 0 Å². The zero-order valence-corrected chi connectivity index (χ0v) is 12.0. The zero-order valence-electron chi connectivity index (χ0n) is 10.4. The summed E-state index contributed by atoms with van der Waals surface area (Å²) in [4.78, 5) is 13.3. The molecule has 0 aliphatic rings. The van der Waals surface area contributed by atoms with Crippen LogP contribution >= 0.6 is 15.9 Å². The number of benzene rings is 1. The Morgan fingerprint density at radius 3 is 2.61 bits per heavy atom. The Hall–Kier alpha value is -1.51. The Labute approximate surface area is 115 Å². The molecule has 1 aromatic rings. The van der Waals surface area contributed by atoms with Crippen molar-refractivity contribution in [1.29, 1.82) is 0 Å². The van der Waals surface area contributed by atoms with Gasteiger partial charge < -0.3 is 4.74 Å². The number of carbonyl (C=O) groups excluding carboxylic acids is 1. The first-order valence-corrected chi connectivity index (χ1v) is 6.17. The first-order chi connectivity index (χ1) is 8.58. The maximum Gasteiger partial charge on any atom is 0.412 e. The van der Waals surface area contributed by atoms with E-state index in [9.17, 15) is 4.79 Å². The summed E-state index contributed by atoms with van der Waals surface area (Å²) in [6.07, 6.45) is -0.503. The van der Waals surface area contributed by atoms with Gasteiger partial charge in [-0.05, 0) is 38.4 Å². The lowest BCUT2D eigenvalue weighted by molar-refractivity contribution is 0.176. The predicted molar refractivity (Wildman–Crippen MR) is 75.4 cm³/mol. The van der Waals surface area contributed by atoms with Gasteiger partial charge in [-0.25, -0.2) is 4.79 Å². The highest BCUT2D eigenvalue weighted by molar-refractivity contribution is 9.10. The molecular weight excluding hydrogens is 296 g/mol. The van der Waals surface area contributed by atoms with Gasteiger partial charge in [-0.2, -0.15) is 0 Å². The van der Waals surface area contributed by atoms with Crippen molar-refractivity contribution >= 4 is 27.7 Å². The number of hydrogen-bond acceptors (Lipinski definition) is 3. The van der Waals surface area contributed by atoms with Crippen LogP contribution in [0.1, 0.15) is 0 Å². The Morgan fingerprint density at radius 1 is 1.33 bits per heavy atom. The van der Waals surface area contributed by atoms with Crippen molar-refractivity contribution in [1.82, 2.24) is 4.90 Å². The largest absolute Gasteiger partial charge is 0.436 e. The number of nitrogens with zero attached hydrogens (tertiary/aromatic N) is 1. The second kappa shape index (κ2) is 7.75. The number of halogens is 1. The van der Waals surface area contributed by atoms with Crippen LogP contribution in [0.4, 0.5) is 10.5 Å². The fraction of sp³-hybridized carbons (Fsp3) is 0.308. The lowest BCUT2D eigenvalue weighted by Crippen LogP contribution is -2.14. The van der Waals surface area contributed by atoms with Crippen LogP contribution in [-0.4, -0.2) is 38.2 Å². The van der Waals surface area contributed by atoms with E-state index in [1.54, 1.807) is 12.1 Å². The molecule has 18 heavy (non-hydrogen) atoms. The van der Waals surface area contributed by atoms with E-state index in [2.05, 4.69) is 33.1 Å². The number of amides is 1. The van der Waals surface area contributed by atoms with E-state index in [0.717, 1.165) is 4.47 Å². The highest BCUT2D eigenvalue weighted by atomic mass is 79.9. The molecule has 0 heterocycles. The summed E-state index contributed by atoms with van der Waals surface area (Å²) < 4.78 is 5.86. The molecule has 1 amide bonds. The molecule has 0 aliphatic heterocycles. The second-order valence-electron chi connectivity index (χ2n) is 3.80. The number of nitrogens with one attached hydrogen (secondary N) is 1. The van der Waals surface area contributed by atoms with E-state index in [1.165, 1.54) is 0 Å². The summed E-state index contributed by atoms with van der Waals surface area (Å²) in [5.74, 6) is 5.64. The van der Waals surface area contributed by atoms with Gasteiger partial charge in [0.1, 0.15) is 0 Å². The van der Waals surface area contributed by atoms with Gasteiger partial charge in [0, 0.05) is 10.2 Å². The number of hydrogen-bond donors (Lipinski definition) is 1. The van der Waals surface area contributed by atoms with E-state index in [1.807, 2.05) is 31.1 Å². The normalized spacial score (nSPS) is 9.56. The number of carbonyl (C=O) groups is 1. The number of ether oxygens (including phenoxy) is 1. The third kappa shape index (κ3) is 6.28. The van der Waals surface area contributed by atoms with Crippen LogP contribution in [0.25, 0.3) is 0 Å². The van der Waals surface area contributed by atoms with Crippen molar-refractivity contribution in [3.8, 4) is 11.8 Å². The molecule has 4 nitrogen and oxygen atoms in total. The lowest BCUT2D eigenvalue weighted by atomic mass is 10.3. The molecule has 0 aromatic heterocycles. The molecule has 0 bridgehead atoms. The van der Waals surface area contributed by atoms with Crippen LogP contribution < -0.4 is 5.32 Å². The summed E-state index contributed by atoms with van der Waals surface area (Å²) in [6.45, 7) is 0.744. The molecule has 0 radical (unpaired) electrons. The van der Waals surface area contributed by atoms with Crippen molar-refractivity contribution in [2.24, 2.45) is 0 Å². The summed E-state index contributed by atoms with van der Waals surface area (Å²) >= 11 is 3.32. The van der Waals surface area contributed by atoms with E-state index < -0.39 is 6.09 Å². The van der Waals surface area contributed by atoms with Gasteiger partial charge >= 0.3 is 6.09 Å². The van der Waals surface area contributed by atoms with Gasteiger partial charge in [0.15, 0.2) is 6.61 Å². The Kier molecular flexibility index (Phi) is 6.26. The molecule has 0 unspecified atom stereocenters. The average Bonchev–Trinajstić information content (AvgIpc) is 2.31. The third-order valence-electron chi connectivity index (χ3n) is 1.89. The second-order valence-corrected chi connectivity index (χ2v) is 4.72. The van der Waals surface area contributed by atoms with E-state index in [4.69, 9.17) is 4.74 Å². The van der Waals surface area contributed by atoms with Crippen LogP contribution in [0, 0.1) is 11.8 Å². The highest BCUT2D eigenvalue weighted by Crippen LogP contribution is 2.14. The molecule has 0 aliphatic carbocycles. The maximum atomic E-state index is 11.4. The van der Waals surface area contributed by atoms with Gasteiger partial charge in [0.25, 0.3) is 0 Å². The van der Waals surface area contributed by atoms with Gasteiger partial charge in [0.2, 0.25) is 0 Å². The zero-order chi connectivity index (χ0) is 13.4. The molecule has 1 aromatic carbocycles. The minimum atomic E-state index is -0.503. The monoisotopic (exact) mass is 310 g/mol. The molecule has 0 saturated carbocycles. The topological polar surface area (TPSA) is 41.6 Å². The van der Waals surface area contributed by atoms with Crippen LogP contribution in [-0.2, 0) is 4.74 Å². The molecule has 0 fully saturated rings. The fourth-order valence-corrected chi connectivity index (χ4v) is 1.32. The molecule has 0 atom stereocenters. The summed E-state index contributed by atoms with van der Waals surface area (Å²) in [6, 6.07) is 7.24. The van der Waals surface area contributed by atoms with E-state index in [0.29, 0.717) is 12.2 Å². The van der Waals surface area contributed by atoms with Crippen molar-refractivity contribution < 1.29 is 9.53 Å². The first-order valence-electron chi connectivity index (χ1n) is 5.38. The van der Waals surface area contributed by atoms with Crippen molar-refractivity contribution in [3.05, 3.63) is 28.7 Å². The smallest absolute Gasteiger partial charge is 0.412 e. The van der Waals surface area contributed by atoms with E-state index in [-0.39, 0.29) is 6.61 Å². The van der Waals surface area contributed by atoms with Gasteiger partial charge in [-0.1, -0.05) is 27.8 Å². The van der Waals surface area contributed by atoms with Crippen LogP contribution in [0.2, 0.25) is 0 Å². The predicted octanol–water partition coefficient (Wildman–Crippen LogP) is 2.56. The van der Waals surface area contributed by atoms with Gasteiger partial charge in [-0.15, -0.1) is 0 Å². The molecular formula is C13H15BrN2O2. The summed E-state index contributed by atoms with van der Waals surface area (Å²) in [5.41, 5.74) is 0.685. The molecule has 1 N–H and O–H groups in total. The van der Waals surface area contributed by atoms with Gasteiger partial charge in [-0.3, -0.25) is 10.2 Å². The van der Waals surface area contributed by atoms with Crippen molar-refractivity contribution in [2.75, 3.05) is 32.6 Å². The molecule has 96 valence electrons. The highest BCUT2D eigenvalue weighted by Gasteiger charge is 2.01. The van der Waals surface area contributed by atoms with Crippen LogP contribution in [0.5, 0.6) is 0 Å². The van der Waals surface area contributed by atoms with Gasteiger partial charge in [0.05, 0.1) is 6.54 Å². The minimum absolute atomic E-state index is 0.0935. The van der Waals surface area contributed by atoms with Crippen molar-refractivity contribution in [2.45, 2.75) is 0 Å².